The van der Waals surface area contributed by atoms with Crippen molar-refractivity contribution in [2.45, 2.75) is 53.5 Å². The molecule has 0 aliphatic heterocycles. The van der Waals surface area contributed by atoms with Gasteiger partial charge in [-0.25, -0.2) is 0 Å². The summed E-state index contributed by atoms with van der Waals surface area (Å²) in [4.78, 5) is 2.51. The number of nitrogens with zero attached hydrogens (tertiary/aromatic N) is 1. The normalized spacial score (nSPS) is 14.4. The molecule has 1 unspecified atom stereocenters. The first-order chi connectivity index (χ1) is 6.40. The zero-order chi connectivity index (χ0) is 11.2. The maximum atomic E-state index is 3.82. The molecule has 84 valence electrons. The largest absolute Gasteiger partial charge is 0.297 e. The first-order valence-electron chi connectivity index (χ1n) is 5.75. The average molecular weight is 197 g/mol. The summed E-state index contributed by atoms with van der Waals surface area (Å²) < 4.78 is 0. The molecule has 0 spiro atoms. The summed E-state index contributed by atoms with van der Waals surface area (Å²) in [6, 6.07) is 0.676. The Balaban J connectivity index is 4.03. The lowest BCUT2D eigenvalue weighted by Gasteiger charge is -2.30. The Kier molecular flexibility index (Phi) is 6.10. The van der Waals surface area contributed by atoms with Crippen LogP contribution >= 0.6 is 0 Å². The Morgan fingerprint density at radius 1 is 1.36 bits per heavy atom. The van der Waals surface area contributed by atoms with Gasteiger partial charge in [0.25, 0.3) is 0 Å². The van der Waals surface area contributed by atoms with E-state index >= 15 is 0 Å². The van der Waals surface area contributed by atoms with Crippen LogP contribution in [0.4, 0.5) is 0 Å². The van der Waals surface area contributed by atoms with Gasteiger partial charge in [0.15, 0.2) is 0 Å². The first kappa shape index (κ1) is 13.7. The van der Waals surface area contributed by atoms with Gasteiger partial charge in [0, 0.05) is 12.6 Å². The van der Waals surface area contributed by atoms with Crippen molar-refractivity contribution in [1.82, 2.24) is 4.90 Å². The highest BCUT2D eigenvalue weighted by Crippen LogP contribution is 2.19. The van der Waals surface area contributed by atoms with E-state index < -0.39 is 0 Å². The van der Waals surface area contributed by atoms with Gasteiger partial charge >= 0.3 is 0 Å². The van der Waals surface area contributed by atoms with Gasteiger partial charge in [0.2, 0.25) is 0 Å². The predicted octanol–water partition coefficient (Wildman–Crippen LogP) is 3.71. The van der Waals surface area contributed by atoms with E-state index in [0.29, 0.717) is 11.5 Å². The second-order valence-electron chi connectivity index (χ2n) is 5.35. The zero-order valence-corrected chi connectivity index (χ0v) is 10.6. The smallest absolute Gasteiger partial charge is 0.0163 e. The molecule has 0 heterocycles. The quantitative estimate of drug-likeness (QED) is 0.587. The molecule has 0 aliphatic carbocycles. The van der Waals surface area contributed by atoms with Gasteiger partial charge in [-0.2, -0.15) is 0 Å². The zero-order valence-electron chi connectivity index (χ0n) is 10.6. The molecule has 0 bridgehead atoms. The third-order valence-electron chi connectivity index (χ3n) is 2.73. The van der Waals surface area contributed by atoms with Crippen LogP contribution in [0.3, 0.4) is 0 Å². The maximum absolute atomic E-state index is 3.82. The molecule has 0 radical (unpaired) electrons. The highest BCUT2D eigenvalue weighted by Gasteiger charge is 2.15. The molecule has 1 atom stereocenters. The minimum absolute atomic E-state index is 0.437. The monoisotopic (exact) mass is 197 g/mol. The van der Waals surface area contributed by atoms with Gasteiger partial charge in [-0.3, -0.25) is 4.90 Å². The summed E-state index contributed by atoms with van der Waals surface area (Å²) in [5.74, 6) is 0. The third kappa shape index (κ3) is 6.20. The van der Waals surface area contributed by atoms with Crippen LogP contribution in [0.15, 0.2) is 12.7 Å². The Bertz CT molecular complexity index is 155. The number of hydrogen-bond donors (Lipinski definition) is 0. The molecule has 0 aromatic heterocycles. The van der Waals surface area contributed by atoms with Gasteiger partial charge in [-0.05, 0) is 31.7 Å². The van der Waals surface area contributed by atoms with Crippen LogP contribution in [0.5, 0.6) is 0 Å². The molecule has 0 aliphatic rings. The summed E-state index contributed by atoms with van der Waals surface area (Å²) in [6.45, 7) is 17.5. The van der Waals surface area contributed by atoms with E-state index in [0.717, 1.165) is 6.54 Å². The van der Waals surface area contributed by atoms with Crippen LogP contribution in [0, 0.1) is 5.41 Å². The summed E-state index contributed by atoms with van der Waals surface area (Å²) in [5, 5.41) is 0. The Morgan fingerprint density at radius 3 is 2.29 bits per heavy atom. The van der Waals surface area contributed by atoms with E-state index in [1.54, 1.807) is 0 Å². The Hall–Kier alpha value is -0.300. The fraction of sp³-hybridized carbons (Fsp3) is 0.846. The van der Waals surface area contributed by atoms with Crippen LogP contribution in [-0.2, 0) is 0 Å². The summed E-state index contributed by atoms with van der Waals surface area (Å²) in [6.07, 6.45) is 4.48. The van der Waals surface area contributed by atoms with E-state index in [2.05, 4.69) is 46.1 Å². The van der Waals surface area contributed by atoms with Crippen LogP contribution in [0.25, 0.3) is 0 Å². The Morgan fingerprint density at radius 2 is 1.93 bits per heavy atom. The molecule has 0 amide bonds. The van der Waals surface area contributed by atoms with Crippen molar-refractivity contribution in [1.29, 1.82) is 0 Å². The minimum Gasteiger partial charge on any atom is -0.297 e. The van der Waals surface area contributed by atoms with E-state index in [1.165, 1.54) is 19.4 Å². The average Bonchev–Trinajstić information content (AvgIpc) is 2.09. The number of rotatable bonds is 6. The molecule has 0 fully saturated rings. The molecule has 0 saturated heterocycles. The van der Waals surface area contributed by atoms with Crippen LogP contribution in [0.2, 0.25) is 0 Å². The highest BCUT2D eigenvalue weighted by atomic mass is 15.1. The molecule has 1 nitrogen and oxygen atoms in total. The van der Waals surface area contributed by atoms with Gasteiger partial charge in [-0.1, -0.05) is 33.8 Å². The van der Waals surface area contributed by atoms with Gasteiger partial charge in [0.1, 0.15) is 0 Å². The van der Waals surface area contributed by atoms with Crippen LogP contribution in [0.1, 0.15) is 47.5 Å². The molecule has 1 heteroatoms. The first-order valence-corrected chi connectivity index (χ1v) is 5.75. The lowest BCUT2D eigenvalue weighted by atomic mass is 9.92. The van der Waals surface area contributed by atoms with Gasteiger partial charge in [-0.15, -0.1) is 6.58 Å². The van der Waals surface area contributed by atoms with Crippen LogP contribution < -0.4 is 0 Å². The van der Waals surface area contributed by atoms with Crippen molar-refractivity contribution < 1.29 is 0 Å². The third-order valence-corrected chi connectivity index (χ3v) is 2.73. The van der Waals surface area contributed by atoms with E-state index in [1.807, 2.05) is 6.08 Å². The molecule has 14 heavy (non-hydrogen) atoms. The van der Waals surface area contributed by atoms with E-state index in [4.69, 9.17) is 0 Å². The predicted molar refractivity (Wildman–Crippen MR) is 65.6 cm³/mol. The molecule has 0 rings (SSSR count). The lowest BCUT2D eigenvalue weighted by Crippen LogP contribution is -2.35. The molecule has 0 aromatic carbocycles. The van der Waals surface area contributed by atoms with E-state index in [-0.39, 0.29) is 0 Å². The summed E-state index contributed by atoms with van der Waals surface area (Å²) in [7, 11) is 0. The summed E-state index contributed by atoms with van der Waals surface area (Å²) in [5.41, 5.74) is 0.437. The lowest BCUT2D eigenvalue weighted by molar-refractivity contribution is 0.193. The second-order valence-corrected chi connectivity index (χ2v) is 5.35. The Labute approximate surface area is 90.2 Å². The van der Waals surface area contributed by atoms with Gasteiger partial charge < -0.3 is 0 Å². The fourth-order valence-corrected chi connectivity index (χ4v) is 1.39. The van der Waals surface area contributed by atoms with Crippen molar-refractivity contribution in [3.63, 3.8) is 0 Å². The topological polar surface area (TPSA) is 3.24 Å². The molecule has 0 N–H and O–H groups in total. The highest BCUT2D eigenvalue weighted by molar-refractivity contribution is 4.78. The van der Waals surface area contributed by atoms with Crippen molar-refractivity contribution in [3.05, 3.63) is 12.7 Å². The van der Waals surface area contributed by atoms with Crippen molar-refractivity contribution >= 4 is 0 Å². The van der Waals surface area contributed by atoms with Gasteiger partial charge in [0.05, 0.1) is 0 Å². The molecule has 0 aromatic rings. The maximum Gasteiger partial charge on any atom is 0.0163 e. The second kappa shape index (κ2) is 6.23. The SMILES string of the molecule is C=CCN(CCC(C)(C)C)C(C)CC. The number of hydrogen-bond acceptors (Lipinski definition) is 1. The molecular weight excluding hydrogens is 170 g/mol. The van der Waals surface area contributed by atoms with Crippen molar-refractivity contribution in [2.75, 3.05) is 13.1 Å². The van der Waals surface area contributed by atoms with Crippen LogP contribution in [-0.4, -0.2) is 24.0 Å². The molecular formula is C13H27N. The molecule has 0 saturated carbocycles. The standard InChI is InChI=1S/C13H27N/c1-7-10-14(12(3)8-2)11-9-13(4,5)6/h7,12H,1,8-11H2,2-6H3. The fourth-order valence-electron chi connectivity index (χ4n) is 1.39. The van der Waals surface area contributed by atoms with Crippen molar-refractivity contribution in [2.24, 2.45) is 5.41 Å². The van der Waals surface area contributed by atoms with Crippen molar-refractivity contribution in [3.8, 4) is 0 Å². The summed E-state index contributed by atoms with van der Waals surface area (Å²) >= 11 is 0. The van der Waals surface area contributed by atoms with E-state index in [9.17, 15) is 0 Å². The minimum atomic E-state index is 0.437.